The second-order valence-corrected chi connectivity index (χ2v) is 5.95. The van der Waals surface area contributed by atoms with E-state index in [0.717, 1.165) is 0 Å². The number of pyridine rings is 1. The first-order chi connectivity index (χ1) is 12.0. The number of ether oxygens (including phenoxy) is 1. The Labute approximate surface area is 150 Å². The Morgan fingerprint density at radius 3 is 2.46 bits per heavy atom. The molecule has 0 spiro atoms. The van der Waals surface area contributed by atoms with E-state index in [0.29, 0.717) is 22.5 Å². The molecule has 0 saturated carbocycles. The molecular weight excluding hydrogens is 377 g/mol. The molecule has 2 aromatic heterocycles. The Kier molecular flexibility index (Phi) is 5.31. The lowest BCUT2D eigenvalue weighted by molar-refractivity contribution is -0.138. The number of halogens is 4. The van der Waals surface area contributed by atoms with Gasteiger partial charge in [0.2, 0.25) is 0 Å². The zero-order chi connectivity index (χ0) is 19.8. The van der Waals surface area contributed by atoms with E-state index in [2.05, 4.69) is 9.72 Å². The Morgan fingerprint density at radius 2 is 1.92 bits per heavy atom. The van der Waals surface area contributed by atoms with Gasteiger partial charge < -0.3 is 14.3 Å². The molecule has 0 atom stereocenters. The van der Waals surface area contributed by atoms with Crippen molar-refractivity contribution in [1.82, 2.24) is 9.55 Å². The number of rotatable bonds is 4. The predicted molar refractivity (Wildman–Crippen MR) is 86.7 cm³/mol. The third-order valence-electron chi connectivity index (χ3n) is 3.79. The Morgan fingerprint density at radius 1 is 1.31 bits per heavy atom. The van der Waals surface area contributed by atoms with Crippen molar-refractivity contribution in [3.63, 3.8) is 0 Å². The van der Waals surface area contributed by atoms with Crippen LogP contribution < -0.4 is 5.56 Å². The monoisotopic (exact) mass is 390 g/mol. The minimum atomic E-state index is -4.72. The molecule has 6 nitrogen and oxygen atoms in total. The molecule has 26 heavy (non-hydrogen) atoms. The normalized spacial score (nSPS) is 11.5. The van der Waals surface area contributed by atoms with Crippen LogP contribution in [0.5, 0.6) is 0 Å². The Bertz CT molecular complexity index is 944. The van der Waals surface area contributed by atoms with Gasteiger partial charge in [0.15, 0.2) is 5.78 Å². The van der Waals surface area contributed by atoms with Crippen molar-refractivity contribution in [2.45, 2.75) is 26.6 Å². The van der Waals surface area contributed by atoms with Crippen LogP contribution in [0, 0.1) is 13.8 Å². The highest BCUT2D eigenvalue weighted by Crippen LogP contribution is 2.29. The van der Waals surface area contributed by atoms with Crippen LogP contribution in [0.15, 0.2) is 17.1 Å². The third kappa shape index (κ3) is 3.67. The molecule has 2 aromatic rings. The van der Waals surface area contributed by atoms with E-state index in [4.69, 9.17) is 11.6 Å². The summed E-state index contributed by atoms with van der Waals surface area (Å²) in [5.74, 6) is -1.34. The number of alkyl halides is 3. The summed E-state index contributed by atoms with van der Waals surface area (Å²) in [5, 5.41) is -0.651. The fourth-order valence-corrected chi connectivity index (χ4v) is 2.77. The van der Waals surface area contributed by atoms with Crippen molar-refractivity contribution >= 4 is 23.4 Å². The maximum absolute atomic E-state index is 12.9. The van der Waals surface area contributed by atoms with Crippen LogP contribution in [-0.4, -0.2) is 28.4 Å². The van der Waals surface area contributed by atoms with E-state index < -0.39 is 40.6 Å². The molecule has 0 amide bonds. The molecule has 0 aromatic carbocycles. The number of nitrogens with zero attached hydrogens (tertiary/aromatic N) is 1. The number of esters is 1. The van der Waals surface area contributed by atoms with Crippen LogP contribution in [-0.2, 0) is 17.5 Å². The maximum Gasteiger partial charge on any atom is 0.417 e. The van der Waals surface area contributed by atoms with Crippen molar-refractivity contribution < 1.29 is 27.5 Å². The minimum Gasteiger partial charge on any atom is -0.465 e. The summed E-state index contributed by atoms with van der Waals surface area (Å²) >= 11 is 5.56. The van der Waals surface area contributed by atoms with Crippen LogP contribution in [0.2, 0.25) is 5.02 Å². The van der Waals surface area contributed by atoms with E-state index in [1.807, 2.05) is 0 Å². The lowest BCUT2D eigenvalue weighted by atomic mass is 10.1. The highest BCUT2D eigenvalue weighted by atomic mass is 35.5. The SMILES string of the molecule is COC(=O)c1c(C)[nH]c(C(=O)Cn2cc(C(F)(F)F)cc(Cl)c2=O)c1C. The van der Waals surface area contributed by atoms with E-state index in [1.165, 1.54) is 14.0 Å². The number of methoxy groups -OCH3 is 1. The number of hydrogen-bond acceptors (Lipinski definition) is 4. The van der Waals surface area contributed by atoms with Gasteiger partial charge in [-0.15, -0.1) is 0 Å². The summed E-state index contributed by atoms with van der Waals surface area (Å²) in [6.07, 6.45) is -4.20. The topological polar surface area (TPSA) is 81.2 Å². The summed E-state index contributed by atoms with van der Waals surface area (Å²) in [6, 6.07) is 0.504. The van der Waals surface area contributed by atoms with Gasteiger partial charge in [0, 0.05) is 11.9 Å². The number of aryl methyl sites for hydroxylation is 1. The number of nitrogens with one attached hydrogen (secondary N) is 1. The number of Topliss-reactive ketones (excluding diaryl/α,β-unsaturated/α-hetero) is 1. The van der Waals surface area contributed by atoms with Crippen LogP contribution in [0.25, 0.3) is 0 Å². The molecule has 10 heteroatoms. The van der Waals surface area contributed by atoms with Gasteiger partial charge in [-0.3, -0.25) is 9.59 Å². The second-order valence-electron chi connectivity index (χ2n) is 5.55. The number of H-pyrrole nitrogens is 1. The molecular formula is C16H14ClF3N2O4. The van der Waals surface area contributed by atoms with Gasteiger partial charge in [-0.05, 0) is 25.5 Å². The molecule has 0 radical (unpaired) electrons. The molecule has 0 saturated heterocycles. The first-order valence-electron chi connectivity index (χ1n) is 7.25. The fraction of sp³-hybridized carbons (Fsp3) is 0.312. The first-order valence-corrected chi connectivity index (χ1v) is 7.63. The van der Waals surface area contributed by atoms with Crippen LogP contribution in [0.4, 0.5) is 13.2 Å². The smallest absolute Gasteiger partial charge is 0.417 e. The summed E-state index contributed by atoms with van der Waals surface area (Å²) in [7, 11) is 1.18. The fourth-order valence-electron chi connectivity index (χ4n) is 2.54. The molecule has 0 unspecified atom stereocenters. The highest BCUT2D eigenvalue weighted by Gasteiger charge is 2.32. The highest BCUT2D eigenvalue weighted by molar-refractivity contribution is 6.30. The van der Waals surface area contributed by atoms with Crippen molar-refractivity contribution in [2.75, 3.05) is 7.11 Å². The van der Waals surface area contributed by atoms with Gasteiger partial charge in [0.25, 0.3) is 5.56 Å². The molecule has 0 bridgehead atoms. The van der Waals surface area contributed by atoms with E-state index in [-0.39, 0.29) is 16.8 Å². The number of aromatic amines is 1. The molecule has 0 aliphatic carbocycles. The van der Waals surface area contributed by atoms with Crippen molar-refractivity contribution in [3.8, 4) is 0 Å². The predicted octanol–water partition coefficient (Wildman–Crippen LogP) is 3.13. The largest absolute Gasteiger partial charge is 0.465 e. The van der Waals surface area contributed by atoms with Crippen LogP contribution >= 0.6 is 11.6 Å². The lowest BCUT2D eigenvalue weighted by Gasteiger charge is -2.11. The second kappa shape index (κ2) is 6.99. The Balaban J connectivity index is 2.45. The lowest BCUT2D eigenvalue weighted by Crippen LogP contribution is -2.26. The van der Waals surface area contributed by atoms with Crippen LogP contribution in [0.1, 0.15) is 37.7 Å². The van der Waals surface area contributed by atoms with E-state index in [9.17, 15) is 27.6 Å². The molecule has 0 aliphatic heterocycles. The van der Waals surface area contributed by atoms with Gasteiger partial charge in [0.05, 0.1) is 30.5 Å². The van der Waals surface area contributed by atoms with Crippen molar-refractivity contribution in [2.24, 2.45) is 0 Å². The summed E-state index contributed by atoms with van der Waals surface area (Å²) in [4.78, 5) is 38.9. The standard InChI is InChI=1S/C16H14ClF3N2O4/c1-7-12(15(25)26-3)8(2)21-13(7)11(23)6-22-5-9(16(18,19)20)4-10(17)14(22)24/h4-5,21H,6H2,1-3H3. The summed E-state index contributed by atoms with van der Waals surface area (Å²) in [5.41, 5.74) is -1.27. The third-order valence-corrected chi connectivity index (χ3v) is 4.06. The quantitative estimate of drug-likeness (QED) is 0.642. The zero-order valence-corrected chi connectivity index (χ0v) is 14.7. The van der Waals surface area contributed by atoms with Gasteiger partial charge in [0.1, 0.15) is 5.02 Å². The molecule has 0 fully saturated rings. The first kappa shape index (κ1) is 19.8. The summed E-state index contributed by atoms with van der Waals surface area (Å²) < 4.78 is 43.8. The number of hydrogen-bond donors (Lipinski definition) is 1. The average Bonchev–Trinajstić information content (AvgIpc) is 2.84. The number of carbonyl (C=O) groups is 2. The minimum absolute atomic E-state index is 0.00309. The molecule has 2 heterocycles. The zero-order valence-electron chi connectivity index (χ0n) is 14.0. The molecule has 0 aliphatic rings. The number of carbonyl (C=O) groups excluding carboxylic acids is 2. The van der Waals surface area contributed by atoms with Crippen molar-refractivity contribution in [3.05, 3.63) is 55.7 Å². The number of ketones is 1. The molecule has 1 N–H and O–H groups in total. The van der Waals surface area contributed by atoms with Gasteiger partial charge in [-0.25, -0.2) is 4.79 Å². The average molecular weight is 391 g/mol. The van der Waals surface area contributed by atoms with Gasteiger partial charge >= 0.3 is 12.1 Å². The van der Waals surface area contributed by atoms with Gasteiger partial charge in [-0.2, -0.15) is 13.2 Å². The van der Waals surface area contributed by atoms with Gasteiger partial charge in [-0.1, -0.05) is 11.6 Å². The molecule has 2 rings (SSSR count). The molecule has 140 valence electrons. The van der Waals surface area contributed by atoms with Crippen LogP contribution in [0.3, 0.4) is 0 Å². The Hall–Kier alpha value is -2.55. The summed E-state index contributed by atoms with van der Waals surface area (Å²) in [6.45, 7) is 2.36. The van der Waals surface area contributed by atoms with E-state index >= 15 is 0 Å². The number of aromatic nitrogens is 2. The van der Waals surface area contributed by atoms with Crippen molar-refractivity contribution in [1.29, 1.82) is 0 Å². The van der Waals surface area contributed by atoms with E-state index in [1.54, 1.807) is 6.92 Å². The maximum atomic E-state index is 12.9.